The zero-order chi connectivity index (χ0) is 21.1. The first-order valence-corrected chi connectivity index (χ1v) is 9.59. The number of urea groups is 1. The molecule has 0 saturated carbocycles. The lowest BCUT2D eigenvalue weighted by molar-refractivity contribution is -0.124. The molecule has 8 heteroatoms. The molecular formula is C21H21ClFN3O3. The molecule has 1 aliphatic heterocycles. The molecule has 0 spiro atoms. The molecule has 3 rings (SSSR count). The molecule has 0 radical (unpaired) electrons. The van der Waals surface area contributed by atoms with E-state index in [2.05, 4.69) is 5.32 Å². The molecule has 2 aromatic rings. The average Bonchev–Trinajstić information content (AvgIpc) is 2.88. The third kappa shape index (κ3) is 4.74. The molecule has 1 fully saturated rings. The summed E-state index contributed by atoms with van der Waals surface area (Å²) in [7, 11) is 0. The lowest BCUT2D eigenvalue weighted by Crippen LogP contribution is -2.40. The lowest BCUT2D eigenvalue weighted by Gasteiger charge is -2.23. The standard InChI is InChI=1S/C21H21ClFN3O3/c1-13(2)12-25-18(11-19(27)24-16-7-3-14(22)4-8-16)20(28)26(21(25)29)17-9-5-15(23)6-10-17/h3-10,13,18H,11-12H2,1-2H3,(H,24,27)/t18-/m0/s1. The van der Waals surface area contributed by atoms with Gasteiger partial charge < -0.3 is 10.2 Å². The Kier molecular flexibility index (Phi) is 6.17. The Bertz CT molecular complexity index is 916. The topological polar surface area (TPSA) is 69.7 Å². The summed E-state index contributed by atoms with van der Waals surface area (Å²) in [5.74, 6) is -1.27. The quantitative estimate of drug-likeness (QED) is 0.712. The van der Waals surface area contributed by atoms with E-state index >= 15 is 0 Å². The van der Waals surface area contributed by atoms with Crippen LogP contribution in [-0.2, 0) is 9.59 Å². The summed E-state index contributed by atoms with van der Waals surface area (Å²) in [6, 6.07) is 10.3. The predicted octanol–water partition coefficient (Wildman–Crippen LogP) is 4.30. The summed E-state index contributed by atoms with van der Waals surface area (Å²) >= 11 is 5.84. The fraction of sp³-hybridized carbons (Fsp3) is 0.286. The first-order valence-electron chi connectivity index (χ1n) is 9.22. The van der Waals surface area contributed by atoms with Crippen molar-refractivity contribution in [1.29, 1.82) is 0 Å². The summed E-state index contributed by atoms with van der Waals surface area (Å²) in [6.45, 7) is 4.16. The number of amides is 4. The summed E-state index contributed by atoms with van der Waals surface area (Å²) in [6.07, 6.45) is -0.183. The van der Waals surface area contributed by atoms with Crippen LogP contribution in [0, 0.1) is 11.7 Å². The molecular weight excluding hydrogens is 397 g/mol. The zero-order valence-electron chi connectivity index (χ0n) is 16.1. The van der Waals surface area contributed by atoms with Gasteiger partial charge in [0.25, 0.3) is 5.91 Å². The van der Waals surface area contributed by atoms with Crippen LogP contribution >= 0.6 is 11.6 Å². The van der Waals surface area contributed by atoms with E-state index < -0.39 is 29.7 Å². The van der Waals surface area contributed by atoms with Gasteiger partial charge in [0.15, 0.2) is 0 Å². The number of benzene rings is 2. The van der Waals surface area contributed by atoms with Crippen LogP contribution in [0.15, 0.2) is 48.5 Å². The van der Waals surface area contributed by atoms with E-state index in [1.807, 2.05) is 13.8 Å². The minimum absolute atomic E-state index is 0.0988. The van der Waals surface area contributed by atoms with Crippen molar-refractivity contribution in [1.82, 2.24) is 4.90 Å². The van der Waals surface area contributed by atoms with Gasteiger partial charge in [-0.15, -0.1) is 0 Å². The number of nitrogens with one attached hydrogen (secondary N) is 1. The SMILES string of the molecule is CC(C)CN1C(=O)N(c2ccc(F)cc2)C(=O)[C@@H]1CC(=O)Nc1ccc(Cl)cc1. The number of anilines is 2. The first kappa shape index (κ1) is 20.8. The molecule has 1 aliphatic rings. The van der Waals surface area contributed by atoms with Crippen LogP contribution < -0.4 is 10.2 Å². The minimum Gasteiger partial charge on any atom is -0.326 e. The highest BCUT2D eigenvalue weighted by Crippen LogP contribution is 2.28. The minimum atomic E-state index is -0.928. The highest BCUT2D eigenvalue weighted by Gasteiger charge is 2.46. The number of hydrogen-bond acceptors (Lipinski definition) is 3. The predicted molar refractivity (Wildman–Crippen MR) is 109 cm³/mol. The van der Waals surface area contributed by atoms with Crippen LogP contribution in [0.2, 0.25) is 5.02 Å². The van der Waals surface area contributed by atoms with Crippen LogP contribution in [0.1, 0.15) is 20.3 Å². The van der Waals surface area contributed by atoms with Gasteiger partial charge in [-0.1, -0.05) is 25.4 Å². The van der Waals surface area contributed by atoms with Crippen molar-refractivity contribution in [2.45, 2.75) is 26.3 Å². The van der Waals surface area contributed by atoms with E-state index in [9.17, 15) is 18.8 Å². The number of carbonyl (C=O) groups excluding carboxylic acids is 3. The third-order valence-electron chi connectivity index (χ3n) is 4.47. The lowest BCUT2D eigenvalue weighted by atomic mass is 10.1. The molecule has 4 amide bonds. The number of nitrogens with zero attached hydrogens (tertiary/aromatic N) is 2. The Morgan fingerprint density at radius 2 is 1.72 bits per heavy atom. The van der Waals surface area contributed by atoms with Crippen molar-refractivity contribution < 1.29 is 18.8 Å². The molecule has 1 N–H and O–H groups in total. The van der Waals surface area contributed by atoms with Crippen molar-refractivity contribution in [3.05, 3.63) is 59.4 Å². The molecule has 152 valence electrons. The van der Waals surface area contributed by atoms with Gasteiger partial charge in [0.1, 0.15) is 11.9 Å². The fourth-order valence-corrected chi connectivity index (χ4v) is 3.31. The van der Waals surface area contributed by atoms with E-state index in [4.69, 9.17) is 11.6 Å². The Labute approximate surface area is 173 Å². The van der Waals surface area contributed by atoms with Gasteiger partial charge in [-0.05, 0) is 54.4 Å². The molecule has 0 aliphatic carbocycles. The van der Waals surface area contributed by atoms with Crippen molar-refractivity contribution in [3.8, 4) is 0 Å². The molecule has 0 bridgehead atoms. The smallest absolute Gasteiger partial charge is 0.326 e. The molecule has 1 atom stereocenters. The fourth-order valence-electron chi connectivity index (χ4n) is 3.18. The zero-order valence-corrected chi connectivity index (χ0v) is 16.8. The van der Waals surface area contributed by atoms with Gasteiger partial charge in [-0.2, -0.15) is 0 Å². The second-order valence-electron chi connectivity index (χ2n) is 7.25. The van der Waals surface area contributed by atoms with E-state index in [1.54, 1.807) is 24.3 Å². The maximum absolute atomic E-state index is 13.2. The Balaban J connectivity index is 1.81. The highest BCUT2D eigenvalue weighted by atomic mass is 35.5. The normalized spacial score (nSPS) is 16.7. The second-order valence-corrected chi connectivity index (χ2v) is 7.69. The van der Waals surface area contributed by atoms with Gasteiger partial charge in [0.05, 0.1) is 12.1 Å². The van der Waals surface area contributed by atoms with Gasteiger partial charge in [-0.25, -0.2) is 14.1 Å². The molecule has 2 aromatic carbocycles. The van der Waals surface area contributed by atoms with E-state index in [0.29, 0.717) is 17.3 Å². The van der Waals surface area contributed by atoms with Crippen molar-refractivity contribution in [2.75, 3.05) is 16.8 Å². The van der Waals surface area contributed by atoms with E-state index in [1.165, 1.54) is 29.2 Å². The molecule has 1 heterocycles. The number of rotatable bonds is 6. The molecule has 29 heavy (non-hydrogen) atoms. The average molecular weight is 418 g/mol. The van der Waals surface area contributed by atoms with E-state index in [0.717, 1.165) is 4.90 Å². The number of imide groups is 1. The van der Waals surface area contributed by atoms with Crippen LogP contribution in [0.5, 0.6) is 0 Å². The summed E-state index contributed by atoms with van der Waals surface area (Å²) < 4.78 is 13.2. The van der Waals surface area contributed by atoms with Crippen molar-refractivity contribution in [3.63, 3.8) is 0 Å². The molecule has 6 nitrogen and oxygen atoms in total. The van der Waals surface area contributed by atoms with Crippen LogP contribution in [0.25, 0.3) is 0 Å². The largest absolute Gasteiger partial charge is 0.332 e. The molecule has 1 saturated heterocycles. The van der Waals surface area contributed by atoms with Gasteiger partial charge in [0, 0.05) is 17.3 Å². The summed E-state index contributed by atoms with van der Waals surface area (Å²) in [5, 5.41) is 3.25. The maximum atomic E-state index is 13.2. The van der Waals surface area contributed by atoms with Gasteiger partial charge in [0.2, 0.25) is 5.91 Å². The Hall–Kier alpha value is -2.93. The van der Waals surface area contributed by atoms with Crippen LogP contribution in [0.4, 0.5) is 20.6 Å². The number of halogens is 2. The molecule has 0 aromatic heterocycles. The van der Waals surface area contributed by atoms with Crippen molar-refractivity contribution >= 4 is 40.8 Å². The second kappa shape index (κ2) is 8.61. The summed E-state index contributed by atoms with van der Waals surface area (Å²) in [4.78, 5) is 40.8. The van der Waals surface area contributed by atoms with Crippen LogP contribution in [-0.4, -0.2) is 35.3 Å². The molecule has 0 unspecified atom stereocenters. The number of hydrogen-bond donors (Lipinski definition) is 1. The Morgan fingerprint density at radius 1 is 1.10 bits per heavy atom. The maximum Gasteiger partial charge on any atom is 0.332 e. The first-order chi connectivity index (χ1) is 13.8. The van der Waals surface area contributed by atoms with Crippen molar-refractivity contribution in [2.24, 2.45) is 5.92 Å². The number of carbonyl (C=O) groups is 3. The van der Waals surface area contributed by atoms with Gasteiger partial charge in [-0.3, -0.25) is 9.59 Å². The van der Waals surface area contributed by atoms with Gasteiger partial charge >= 0.3 is 6.03 Å². The van der Waals surface area contributed by atoms with Crippen LogP contribution in [0.3, 0.4) is 0 Å². The monoisotopic (exact) mass is 417 g/mol. The third-order valence-corrected chi connectivity index (χ3v) is 4.72. The highest BCUT2D eigenvalue weighted by molar-refractivity contribution is 6.30. The van der Waals surface area contributed by atoms with E-state index in [-0.39, 0.29) is 18.0 Å². The Morgan fingerprint density at radius 3 is 2.31 bits per heavy atom. The summed E-state index contributed by atoms with van der Waals surface area (Å²) in [5.41, 5.74) is 0.817.